The monoisotopic (exact) mass is 262 g/mol. The fourth-order valence-electron chi connectivity index (χ4n) is 3.07. The van der Waals surface area contributed by atoms with Gasteiger partial charge in [-0.2, -0.15) is 5.26 Å². The Balaban J connectivity index is 1.96. The number of hydrogen-bond acceptors (Lipinski definition) is 4. The number of rotatable bonds is 1. The molecule has 0 saturated carbocycles. The maximum atomic E-state index is 12.0. The van der Waals surface area contributed by atoms with Crippen LogP contribution in [-0.4, -0.2) is 24.8 Å². The lowest BCUT2D eigenvalue weighted by Gasteiger charge is -2.36. The smallest absolute Gasteiger partial charge is 0.101 e. The Morgan fingerprint density at radius 1 is 1.39 bits per heavy atom. The molecule has 2 bridgehead atoms. The first-order valence-corrected chi connectivity index (χ1v) is 7.37. The number of nitrogens with zero attached hydrogens (tertiary/aromatic N) is 2. The van der Waals surface area contributed by atoms with Crippen LogP contribution in [0.2, 0.25) is 0 Å². The summed E-state index contributed by atoms with van der Waals surface area (Å²) in [5.41, 5.74) is 0.190. The van der Waals surface area contributed by atoms with Crippen LogP contribution in [0.5, 0.6) is 0 Å². The highest BCUT2D eigenvalue weighted by Crippen LogP contribution is 2.45. The first-order valence-electron chi connectivity index (χ1n) is 6.10. The molecule has 2 aliphatic heterocycles. The van der Waals surface area contributed by atoms with E-state index in [9.17, 15) is 9.32 Å². The van der Waals surface area contributed by atoms with E-state index in [0.29, 0.717) is 24.0 Å². The second kappa shape index (κ2) is 4.15. The molecule has 18 heavy (non-hydrogen) atoms. The summed E-state index contributed by atoms with van der Waals surface area (Å²) in [5.74, 6) is 0. The lowest BCUT2D eigenvalue weighted by atomic mass is 9.86. The van der Waals surface area contributed by atoms with E-state index in [1.165, 1.54) is 6.20 Å². The Hall–Kier alpha value is -1.25. The topological polar surface area (TPSA) is 74.0 Å². The average Bonchev–Trinajstić information content (AvgIpc) is 2.63. The van der Waals surface area contributed by atoms with Gasteiger partial charge in [0.1, 0.15) is 6.07 Å². The van der Waals surface area contributed by atoms with Crippen LogP contribution in [0.1, 0.15) is 36.8 Å². The van der Waals surface area contributed by atoms with Crippen LogP contribution in [0.3, 0.4) is 0 Å². The molecule has 5 heteroatoms. The van der Waals surface area contributed by atoms with Crippen molar-refractivity contribution >= 4 is 10.8 Å². The van der Waals surface area contributed by atoms with Gasteiger partial charge in [-0.15, -0.1) is 0 Å². The molecule has 1 aromatic rings. The molecule has 0 aliphatic carbocycles. The van der Waals surface area contributed by atoms with Gasteiger partial charge in [0.2, 0.25) is 0 Å². The third-order valence-electron chi connectivity index (χ3n) is 4.00. The minimum Gasteiger partial charge on any atom is -0.385 e. The normalized spacial score (nSPS) is 38.3. The molecule has 1 N–H and O–H groups in total. The van der Waals surface area contributed by atoms with Gasteiger partial charge < -0.3 is 5.11 Å². The zero-order valence-corrected chi connectivity index (χ0v) is 10.7. The molecule has 0 aromatic carbocycles. The molecule has 2 atom stereocenters. The summed E-state index contributed by atoms with van der Waals surface area (Å²) < 4.78 is 12.0. The van der Waals surface area contributed by atoms with Crippen molar-refractivity contribution in [2.24, 2.45) is 0 Å². The third-order valence-corrected chi connectivity index (χ3v) is 6.12. The Labute approximate surface area is 108 Å². The largest absolute Gasteiger partial charge is 0.385 e. The van der Waals surface area contributed by atoms with E-state index in [-0.39, 0.29) is 10.5 Å². The van der Waals surface area contributed by atoms with Crippen LogP contribution >= 0.6 is 0 Å². The summed E-state index contributed by atoms with van der Waals surface area (Å²) in [5, 5.41) is 19.9. The minimum atomic E-state index is -0.959. The summed E-state index contributed by atoms with van der Waals surface area (Å²) >= 11 is 0. The Bertz CT molecular complexity index is 536. The van der Waals surface area contributed by atoms with Crippen LogP contribution < -0.4 is 0 Å². The van der Waals surface area contributed by atoms with Crippen LogP contribution in [0.4, 0.5) is 0 Å². The first-order chi connectivity index (χ1) is 8.62. The molecular weight excluding hydrogens is 248 g/mol. The Morgan fingerprint density at radius 2 is 2.06 bits per heavy atom. The molecule has 3 rings (SSSR count). The summed E-state index contributed by atoms with van der Waals surface area (Å²) in [7, 11) is -0.792. The van der Waals surface area contributed by atoms with E-state index >= 15 is 0 Å². The molecule has 3 heterocycles. The maximum absolute atomic E-state index is 12.0. The van der Waals surface area contributed by atoms with Gasteiger partial charge in [0.15, 0.2) is 0 Å². The van der Waals surface area contributed by atoms with Crippen molar-refractivity contribution in [1.82, 2.24) is 4.98 Å². The lowest BCUT2D eigenvalue weighted by Crippen LogP contribution is -2.40. The molecule has 2 fully saturated rings. The molecule has 2 saturated heterocycles. The Kier molecular flexibility index (Phi) is 2.72. The van der Waals surface area contributed by atoms with Gasteiger partial charge >= 0.3 is 0 Å². The van der Waals surface area contributed by atoms with Crippen molar-refractivity contribution in [3.8, 4) is 6.07 Å². The summed E-state index contributed by atoms with van der Waals surface area (Å²) in [6.07, 6.45) is 6.02. The van der Waals surface area contributed by atoms with Crippen LogP contribution in [0.15, 0.2) is 18.5 Å². The summed E-state index contributed by atoms with van der Waals surface area (Å²) in [6.45, 7) is 0. The van der Waals surface area contributed by atoms with Crippen LogP contribution in [0, 0.1) is 11.3 Å². The summed E-state index contributed by atoms with van der Waals surface area (Å²) in [6, 6.07) is 3.73. The number of aliphatic hydroxyl groups is 1. The molecule has 0 spiro atoms. The minimum absolute atomic E-state index is 0.0968. The number of pyridine rings is 1. The molecule has 4 nitrogen and oxygen atoms in total. The molecule has 2 aliphatic rings. The van der Waals surface area contributed by atoms with Crippen molar-refractivity contribution < 1.29 is 9.32 Å². The predicted molar refractivity (Wildman–Crippen MR) is 67.0 cm³/mol. The average molecular weight is 262 g/mol. The SMILES string of the molecule is N#Cc1cncc(C2(O)CC3CCC(C2)S3=O)c1. The van der Waals surface area contributed by atoms with E-state index in [2.05, 4.69) is 4.98 Å². The predicted octanol–water partition coefficient (Wildman–Crippen LogP) is 1.21. The lowest BCUT2D eigenvalue weighted by molar-refractivity contribution is 0.0181. The van der Waals surface area contributed by atoms with Gasteiger partial charge in [0.05, 0.1) is 11.2 Å². The fourth-order valence-corrected chi connectivity index (χ4v) is 5.23. The van der Waals surface area contributed by atoms with E-state index in [1.54, 1.807) is 12.3 Å². The Morgan fingerprint density at radius 3 is 2.67 bits per heavy atom. The maximum Gasteiger partial charge on any atom is 0.101 e. The number of nitriles is 1. The van der Waals surface area contributed by atoms with Crippen molar-refractivity contribution in [3.63, 3.8) is 0 Å². The van der Waals surface area contributed by atoms with Gasteiger partial charge in [-0.05, 0) is 31.7 Å². The summed E-state index contributed by atoms with van der Waals surface area (Å²) in [4.78, 5) is 4.01. The van der Waals surface area contributed by atoms with Crippen molar-refractivity contribution in [1.29, 1.82) is 5.26 Å². The molecule has 94 valence electrons. The first kappa shape index (κ1) is 11.8. The van der Waals surface area contributed by atoms with Crippen LogP contribution in [0.25, 0.3) is 0 Å². The number of aromatic nitrogens is 1. The number of hydrogen-bond donors (Lipinski definition) is 1. The molecule has 2 unspecified atom stereocenters. The quantitative estimate of drug-likeness (QED) is 0.825. The number of fused-ring (bicyclic) bond motifs is 2. The second-order valence-corrected chi connectivity index (χ2v) is 7.15. The van der Waals surface area contributed by atoms with Crippen LogP contribution in [-0.2, 0) is 16.4 Å². The van der Waals surface area contributed by atoms with E-state index in [4.69, 9.17) is 5.26 Å². The highest BCUT2D eigenvalue weighted by Gasteiger charge is 2.48. The van der Waals surface area contributed by atoms with Gasteiger partial charge in [-0.3, -0.25) is 9.19 Å². The highest BCUT2D eigenvalue weighted by molar-refractivity contribution is 7.86. The van der Waals surface area contributed by atoms with Gasteiger partial charge in [0.25, 0.3) is 0 Å². The highest BCUT2D eigenvalue weighted by atomic mass is 32.2. The third kappa shape index (κ3) is 1.76. The van der Waals surface area contributed by atoms with Gasteiger partial charge in [0, 0.05) is 39.3 Å². The van der Waals surface area contributed by atoms with E-state index in [0.717, 1.165) is 12.8 Å². The van der Waals surface area contributed by atoms with Crippen molar-refractivity contribution in [3.05, 3.63) is 29.6 Å². The molecule has 0 amide bonds. The fraction of sp³-hybridized carbons (Fsp3) is 0.538. The van der Waals surface area contributed by atoms with E-state index < -0.39 is 16.4 Å². The second-order valence-electron chi connectivity index (χ2n) is 5.16. The van der Waals surface area contributed by atoms with Gasteiger partial charge in [-0.1, -0.05) is 0 Å². The standard InChI is InChI=1S/C13H14N2O2S/c14-6-9-3-10(8-15-7-9)13(16)4-11-1-2-12(5-13)18(11)17/h3,7-8,11-12,16H,1-2,4-5H2. The van der Waals surface area contributed by atoms with Crippen molar-refractivity contribution in [2.45, 2.75) is 41.8 Å². The molecular formula is C13H14N2O2S. The van der Waals surface area contributed by atoms with Gasteiger partial charge in [-0.25, -0.2) is 0 Å². The molecule has 0 radical (unpaired) electrons. The molecule has 1 aromatic heterocycles. The van der Waals surface area contributed by atoms with Crippen molar-refractivity contribution in [2.75, 3.05) is 0 Å². The van der Waals surface area contributed by atoms with E-state index in [1.807, 2.05) is 6.07 Å². The zero-order valence-electron chi connectivity index (χ0n) is 9.87. The zero-order chi connectivity index (χ0) is 12.8.